The summed E-state index contributed by atoms with van der Waals surface area (Å²) >= 11 is 0.932. The predicted octanol–water partition coefficient (Wildman–Crippen LogP) is 0.340. The molecule has 10 heteroatoms. The van der Waals surface area contributed by atoms with Crippen LogP contribution in [-0.2, 0) is 4.79 Å². The second-order valence-electron chi connectivity index (χ2n) is 5.00. The van der Waals surface area contributed by atoms with Gasteiger partial charge in [-0.15, -0.1) is 10.2 Å². The second-order valence-corrected chi connectivity index (χ2v) is 6.07. The Morgan fingerprint density at radius 3 is 2.60 bits per heavy atom. The van der Waals surface area contributed by atoms with Gasteiger partial charge in [0.2, 0.25) is 11.1 Å². The number of rotatable bonds is 5. The maximum Gasteiger partial charge on any atom is 0.321 e. The van der Waals surface area contributed by atoms with Crippen LogP contribution in [0.25, 0.3) is 0 Å². The minimum atomic E-state index is -0.838. The van der Waals surface area contributed by atoms with Gasteiger partial charge in [0.25, 0.3) is 5.56 Å². The van der Waals surface area contributed by atoms with E-state index in [2.05, 4.69) is 20.8 Å². The van der Waals surface area contributed by atoms with E-state index in [-0.39, 0.29) is 10.9 Å². The molecule has 4 N–H and O–H groups in total. The summed E-state index contributed by atoms with van der Waals surface area (Å²) in [6.45, 7) is 3.61. The summed E-state index contributed by atoms with van der Waals surface area (Å²) in [5, 5.41) is 11.6. The Labute approximate surface area is 148 Å². The van der Waals surface area contributed by atoms with Crippen molar-refractivity contribution < 1.29 is 9.59 Å². The number of imide groups is 1. The summed E-state index contributed by atoms with van der Waals surface area (Å²) in [7, 11) is 0. The van der Waals surface area contributed by atoms with Gasteiger partial charge in [0, 0.05) is 6.54 Å². The molecule has 25 heavy (non-hydrogen) atoms. The molecule has 1 aromatic carbocycles. The molecule has 1 atom stereocenters. The fraction of sp³-hybridized carbons (Fsp3) is 0.267. The number of nitrogen functional groups attached to an aromatic ring is 1. The van der Waals surface area contributed by atoms with E-state index in [1.807, 2.05) is 0 Å². The lowest BCUT2D eigenvalue weighted by Crippen LogP contribution is -2.41. The molecule has 0 aliphatic heterocycles. The lowest BCUT2D eigenvalue weighted by Gasteiger charge is -2.16. The fourth-order valence-corrected chi connectivity index (χ4v) is 2.89. The topological polar surface area (TPSA) is 132 Å². The third-order valence-electron chi connectivity index (χ3n) is 3.16. The first-order valence-electron chi connectivity index (χ1n) is 7.45. The van der Waals surface area contributed by atoms with E-state index in [1.165, 1.54) is 6.92 Å². The number of nitrogens with zero attached hydrogens (tertiary/aromatic N) is 3. The summed E-state index contributed by atoms with van der Waals surface area (Å²) in [4.78, 5) is 36.1. The van der Waals surface area contributed by atoms with Crippen molar-refractivity contribution in [1.29, 1.82) is 0 Å². The summed E-state index contributed by atoms with van der Waals surface area (Å²) in [5.74, 6) is 5.17. The summed E-state index contributed by atoms with van der Waals surface area (Å²) in [5.41, 5.74) is 0.271. The van der Waals surface area contributed by atoms with Gasteiger partial charge in [-0.3, -0.25) is 14.9 Å². The number of aryl methyl sites for hydroxylation is 1. The Morgan fingerprint density at radius 2 is 1.96 bits per heavy atom. The van der Waals surface area contributed by atoms with Crippen molar-refractivity contribution in [3.05, 3.63) is 51.9 Å². The van der Waals surface area contributed by atoms with Gasteiger partial charge in [0.05, 0.1) is 0 Å². The molecule has 0 saturated heterocycles. The predicted molar refractivity (Wildman–Crippen MR) is 93.4 cm³/mol. The van der Waals surface area contributed by atoms with Crippen molar-refractivity contribution >= 4 is 23.7 Å². The lowest BCUT2D eigenvalue weighted by atomic mass is 10.1. The SMILES string of the molecule is CCNC(=O)NC(=O)[C@@H](Sc1nnc(C)c(=O)n1N)c1ccccc1. The van der Waals surface area contributed by atoms with Crippen LogP contribution < -0.4 is 22.0 Å². The molecule has 2 rings (SSSR count). The van der Waals surface area contributed by atoms with Crippen LogP contribution in [0.5, 0.6) is 0 Å². The van der Waals surface area contributed by atoms with Gasteiger partial charge in [0.15, 0.2) is 0 Å². The standard InChI is InChI=1S/C15H18N6O3S/c1-3-17-14(24)18-12(22)11(10-7-5-4-6-8-10)25-15-20-19-9(2)13(23)21(15)16/h4-8,11H,3,16H2,1-2H3,(H2,17,18,22,24)/t11-/m0/s1. The van der Waals surface area contributed by atoms with E-state index in [9.17, 15) is 14.4 Å². The van der Waals surface area contributed by atoms with E-state index in [0.29, 0.717) is 12.1 Å². The molecule has 0 spiro atoms. The molecule has 0 unspecified atom stereocenters. The van der Waals surface area contributed by atoms with Crippen molar-refractivity contribution in [2.24, 2.45) is 0 Å². The van der Waals surface area contributed by atoms with Crippen molar-refractivity contribution in [2.45, 2.75) is 24.3 Å². The van der Waals surface area contributed by atoms with Crippen LogP contribution in [0.1, 0.15) is 23.4 Å². The molecule has 1 heterocycles. The van der Waals surface area contributed by atoms with Gasteiger partial charge in [-0.05, 0) is 19.4 Å². The number of benzene rings is 1. The highest BCUT2D eigenvalue weighted by atomic mass is 32.2. The zero-order valence-corrected chi connectivity index (χ0v) is 14.5. The summed E-state index contributed by atoms with van der Waals surface area (Å²) in [6, 6.07) is 8.19. The molecule has 9 nitrogen and oxygen atoms in total. The quantitative estimate of drug-likeness (QED) is 0.516. The molecule has 3 amide bonds. The highest BCUT2D eigenvalue weighted by molar-refractivity contribution is 8.00. The van der Waals surface area contributed by atoms with E-state index in [4.69, 9.17) is 5.84 Å². The van der Waals surface area contributed by atoms with Crippen molar-refractivity contribution in [3.8, 4) is 0 Å². The van der Waals surface area contributed by atoms with Crippen LogP contribution in [0.4, 0.5) is 4.79 Å². The highest BCUT2D eigenvalue weighted by Gasteiger charge is 2.26. The molecule has 0 radical (unpaired) electrons. The van der Waals surface area contributed by atoms with Crippen molar-refractivity contribution in [2.75, 3.05) is 12.4 Å². The van der Waals surface area contributed by atoms with E-state index >= 15 is 0 Å². The van der Waals surface area contributed by atoms with E-state index in [0.717, 1.165) is 16.4 Å². The number of aromatic nitrogens is 3. The molecule has 0 aliphatic rings. The number of amides is 3. The van der Waals surface area contributed by atoms with E-state index < -0.39 is 22.7 Å². The van der Waals surface area contributed by atoms with Gasteiger partial charge in [-0.25, -0.2) is 4.79 Å². The second kappa shape index (κ2) is 8.29. The minimum absolute atomic E-state index is 0.0653. The first-order chi connectivity index (χ1) is 11.9. The van der Waals surface area contributed by atoms with Gasteiger partial charge in [-0.2, -0.15) is 4.68 Å². The highest BCUT2D eigenvalue weighted by Crippen LogP contribution is 2.33. The van der Waals surface area contributed by atoms with Crippen LogP contribution >= 0.6 is 11.8 Å². The van der Waals surface area contributed by atoms with Gasteiger partial charge < -0.3 is 11.2 Å². The number of nitrogens with two attached hydrogens (primary N) is 1. The maximum atomic E-state index is 12.5. The molecule has 0 bridgehead atoms. The number of hydrogen-bond donors (Lipinski definition) is 3. The molecule has 0 fully saturated rings. The number of carbonyl (C=O) groups is 2. The smallest absolute Gasteiger partial charge is 0.321 e. The van der Waals surface area contributed by atoms with E-state index in [1.54, 1.807) is 37.3 Å². The first-order valence-corrected chi connectivity index (χ1v) is 8.33. The van der Waals surface area contributed by atoms with Crippen LogP contribution in [0.3, 0.4) is 0 Å². The molecular formula is C15H18N6O3S. The maximum absolute atomic E-state index is 12.5. The van der Waals surface area contributed by atoms with Crippen molar-refractivity contribution in [3.63, 3.8) is 0 Å². The Bertz CT molecular complexity index is 824. The zero-order chi connectivity index (χ0) is 18.4. The van der Waals surface area contributed by atoms with Crippen LogP contribution in [-0.4, -0.2) is 33.4 Å². The normalized spacial score (nSPS) is 11.6. The van der Waals surface area contributed by atoms with Crippen LogP contribution in [0, 0.1) is 6.92 Å². The number of carbonyl (C=O) groups excluding carboxylic acids is 2. The van der Waals surface area contributed by atoms with Crippen molar-refractivity contribution in [1.82, 2.24) is 25.5 Å². The van der Waals surface area contributed by atoms with Crippen LogP contribution in [0.15, 0.2) is 40.3 Å². The summed E-state index contributed by atoms with van der Waals surface area (Å²) in [6.07, 6.45) is 0. The minimum Gasteiger partial charge on any atom is -0.338 e. The molecule has 2 aromatic rings. The van der Waals surface area contributed by atoms with Gasteiger partial charge in [-0.1, -0.05) is 42.1 Å². The Morgan fingerprint density at radius 1 is 1.28 bits per heavy atom. The number of nitrogens with one attached hydrogen (secondary N) is 2. The summed E-state index contributed by atoms with van der Waals surface area (Å²) < 4.78 is 0.836. The molecular weight excluding hydrogens is 344 g/mol. The average molecular weight is 362 g/mol. The molecule has 1 aromatic heterocycles. The Kier molecular flexibility index (Phi) is 6.12. The third-order valence-corrected chi connectivity index (χ3v) is 4.37. The largest absolute Gasteiger partial charge is 0.338 e. The average Bonchev–Trinajstić information content (AvgIpc) is 2.60. The third kappa shape index (κ3) is 4.57. The monoisotopic (exact) mass is 362 g/mol. The number of hydrogen-bond acceptors (Lipinski definition) is 7. The Balaban J connectivity index is 2.33. The molecule has 0 aliphatic carbocycles. The van der Waals surface area contributed by atoms with Gasteiger partial charge in [0.1, 0.15) is 10.9 Å². The first kappa shape index (κ1) is 18.5. The number of thioether (sulfide) groups is 1. The zero-order valence-electron chi connectivity index (χ0n) is 13.7. The Hall–Kier alpha value is -2.88. The lowest BCUT2D eigenvalue weighted by molar-refractivity contribution is -0.119. The van der Waals surface area contributed by atoms with Crippen LogP contribution in [0.2, 0.25) is 0 Å². The van der Waals surface area contributed by atoms with Gasteiger partial charge >= 0.3 is 6.03 Å². The number of urea groups is 1. The molecule has 0 saturated carbocycles. The molecule has 132 valence electrons. The fourth-order valence-electron chi connectivity index (χ4n) is 1.94.